The molecule has 1 aromatic rings. The largest absolute Gasteiger partial charge is 0.389 e. The molecular formula is C9H11FOS. The van der Waals surface area contributed by atoms with Gasteiger partial charge in [-0.05, 0) is 36.9 Å². The van der Waals surface area contributed by atoms with E-state index in [4.69, 9.17) is 0 Å². The zero-order valence-electron chi connectivity index (χ0n) is 7.04. The van der Waals surface area contributed by atoms with Crippen molar-refractivity contribution < 1.29 is 9.50 Å². The van der Waals surface area contributed by atoms with Crippen LogP contribution in [0.1, 0.15) is 18.6 Å². The van der Waals surface area contributed by atoms with E-state index < -0.39 is 6.10 Å². The highest BCUT2D eigenvalue weighted by Gasteiger charge is 2.07. The van der Waals surface area contributed by atoms with Gasteiger partial charge in [-0.15, -0.1) is 11.8 Å². The van der Waals surface area contributed by atoms with Crippen LogP contribution in [0.5, 0.6) is 0 Å². The second-order valence-corrected chi connectivity index (χ2v) is 3.41. The molecule has 0 aliphatic heterocycles. The lowest BCUT2D eigenvalue weighted by molar-refractivity contribution is 0.196. The van der Waals surface area contributed by atoms with Gasteiger partial charge in [-0.3, -0.25) is 0 Å². The van der Waals surface area contributed by atoms with E-state index in [0.717, 1.165) is 4.90 Å². The molecular weight excluding hydrogens is 175 g/mol. The van der Waals surface area contributed by atoms with Gasteiger partial charge in [-0.1, -0.05) is 0 Å². The predicted octanol–water partition coefficient (Wildman–Crippen LogP) is 2.60. The summed E-state index contributed by atoms with van der Waals surface area (Å²) in [6, 6.07) is 4.45. The fourth-order valence-electron chi connectivity index (χ4n) is 1.03. The van der Waals surface area contributed by atoms with Gasteiger partial charge < -0.3 is 5.11 Å². The number of hydrogen-bond acceptors (Lipinski definition) is 2. The summed E-state index contributed by atoms with van der Waals surface area (Å²) in [5.41, 5.74) is 0.655. The van der Waals surface area contributed by atoms with Crippen molar-refractivity contribution in [2.24, 2.45) is 0 Å². The van der Waals surface area contributed by atoms with Crippen molar-refractivity contribution in [1.82, 2.24) is 0 Å². The van der Waals surface area contributed by atoms with Crippen LogP contribution >= 0.6 is 11.8 Å². The van der Waals surface area contributed by atoms with Gasteiger partial charge in [-0.2, -0.15) is 0 Å². The average molecular weight is 186 g/mol. The predicted molar refractivity (Wildman–Crippen MR) is 48.8 cm³/mol. The maximum absolute atomic E-state index is 12.7. The molecule has 1 atom stereocenters. The first-order valence-corrected chi connectivity index (χ1v) is 4.89. The van der Waals surface area contributed by atoms with Crippen molar-refractivity contribution in [2.45, 2.75) is 17.9 Å². The van der Waals surface area contributed by atoms with Crippen LogP contribution in [0.3, 0.4) is 0 Å². The summed E-state index contributed by atoms with van der Waals surface area (Å²) < 4.78 is 12.7. The lowest BCUT2D eigenvalue weighted by Gasteiger charge is -2.09. The fourth-order valence-corrected chi connectivity index (χ4v) is 1.70. The Morgan fingerprint density at radius 1 is 1.50 bits per heavy atom. The topological polar surface area (TPSA) is 20.2 Å². The van der Waals surface area contributed by atoms with Crippen molar-refractivity contribution in [3.8, 4) is 0 Å². The standard InChI is InChI=1S/C9H11FOS/c1-6(11)8-5-7(10)3-4-9(8)12-2/h3-6,11H,1-2H3. The summed E-state index contributed by atoms with van der Waals surface area (Å²) in [6.45, 7) is 1.63. The molecule has 1 aromatic carbocycles. The van der Waals surface area contributed by atoms with Crippen LogP contribution < -0.4 is 0 Å². The van der Waals surface area contributed by atoms with E-state index in [-0.39, 0.29) is 5.82 Å². The number of aliphatic hydroxyl groups is 1. The smallest absolute Gasteiger partial charge is 0.123 e. The van der Waals surface area contributed by atoms with Crippen LogP contribution in [0.15, 0.2) is 23.1 Å². The summed E-state index contributed by atoms with van der Waals surface area (Å²) in [4.78, 5) is 0.923. The molecule has 66 valence electrons. The molecule has 1 rings (SSSR count). The fraction of sp³-hybridized carbons (Fsp3) is 0.333. The van der Waals surface area contributed by atoms with Crippen molar-refractivity contribution in [2.75, 3.05) is 6.26 Å². The molecule has 0 heterocycles. The van der Waals surface area contributed by atoms with Gasteiger partial charge in [0.1, 0.15) is 5.82 Å². The Balaban J connectivity index is 3.12. The van der Waals surface area contributed by atoms with Crippen molar-refractivity contribution in [3.05, 3.63) is 29.6 Å². The molecule has 1 unspecified atom stereocenters. The van der Waals surface area contributed by atoms with Gasteiger partial charge in [-0.25, -0.2) is 4.39 Å². The molecule has 0 saturated carbocycles. The first-order chi connectivity index (χ1) is 5.65. The minimum atomic E-state index is -0.608. The van der Waals surface area contributed by atoms with Gasteiger partial charge in [0.15, 0.2) is 0 Å². The van der Waals surface area contributed by atoms with Crippen LogP contribution in [0, 0.1) is 5.82 Å². The number of halogens is 1. The Labute approximate surface area is 75.6 Å². The van der Waals surface area contributed by atoms with Crippen LogP contribution in [-0.2, 0) is 0 Å². The Morgan fingerprint density at radius 2 is 2.17 bits per heavy atom. The Hall–Kier alpha value is -0.540. The summed E-state index contributed by atoms with van der Waals surface area (Å²) in [5.74, 6) is -0.302. The number of thioether (sulfide) groups is 1. The van der Waals surface area contributed by atoms with E-state index in [1.165, 1.54) is 23.9 Å². The molecule has 0 radical (unpaired) electrons. The highest BCUT2D eigenvalue weighted by atomic mass is 32.2. The average Bonchev–Trinajstić information content (AvgIpc) is 2.04. The summed E-state index contributed by atoms with van der Waals surface area (Å²) in [6.07, 6.45) is 1.29. The maximum atomic E-state index is 12.7. The van der Waals surface area contributed by atoms with Crippen molar-refractivity contribution >= 4 is 11.8 Å². The zero-order valence-corrected chi connectivity index (χ0v) is 7.86. The Bertz CT molecular complexity index is 273. The number of hydrogen-bond donors (Lipinski definition) is 1. The number of rotatable bonds is 2. The minimum Gasteiger partial charge on any atom is -0.389 e. The molecule has 0 fully saturated rings. The highest BCUT2D eigenvalue weighted by Crippen LogP contribution is 2.26. The van der Waals surface area contributed by atoms with E-state index in [9.17, 15) is 9.50 Å². The maximum Gasteiger partial charge on any atom is 0.123 e. The third-order valence-corrected chi connectivity index (χ3v) is 2.45. The summed E-state index contributed by atoms with van der Waals surface area (Å²) in [5, 5.41) is 9.28. The number of benzene rings is 1. The molecule has 0 amide bonds. The highest BCUT2D eigenvalue weighted by molar-refractivity contribution is 7.98. The SMILES string of the molecule is CSc1ccc(F)cc1C(C)O. The summed E-state index contributed by atoms with van der Waals surface area (Å²) in [7, 11) is 0. The Morgan fingerprint density at radius 3 is 2.67 bits per heavy atom. The van der Waals surface area contributed by atoms with Crippen LogP contribution in [-0.4, -0.2) is 11.4 Å². The normalized spacial score (nSPS) is 13.0. The van der Waals surface area contributed by atoms with Gasteiger partial charge in [0.25, 0.3) is 0 Å². The van der Waals surface area contributed by atoms with E-state index >= 15 is 0 Å². The molecule has 0 bridgehead atoms. The second-order valence-electron chi connectivity index (χ2n) is 2.56. The summed E-state index contributed by atoms with van der Waals surface area (Å²) >= 11 is 1.51. The molecule has 0 spiro atoms. The lowest BCUT2D eigenvalue weighted by atomic mass is 10.1. The first-order valence-electron chi connectivity index (χ1n) is 3.66. The first kappa shape index (κ1) is 9.55. The van der Waals surface area contributed by atoms with E-state index in [0.29, 0.717) is 5.56 Å². The number of aliphatic hydroxyl groups excluding tert-OH is 1. The van der Waals surface area contributed by atoms with Crippen LogP contribution in [0.2, 0.25) is 0 Å². The third-order valence-electron chi connectivity index (χ3n) is 1.64. The molecule has 0 aliphatic rings. The van der Waals surface area contributed by atoms with Gasteiger partial charge in [0, 0.05) is 4.90 Å². The van der Waals surface area contributed by atoms with Crippen LogP contribution in [0.25, 0.3) is 0 Å². The van der Waals surface area contributed by atoms with Gasteiger partial charge >= 0.3 is 0 Å². The van der Waals surface area contributed by atoms with Crippen LogP contribution in [0.4, 0.5) is 4.39 Å². The Kier molecular flexibility index (Phi) is 3.12. The van der Waals surface area contributed by atoms with E-state index in [2.05, 4.69) is 0 Å². The van der Waals surface area contributed by atoms with Gasteiger partial charge in [0.2, 0.25) is 0 Å². The lowest BCUT2D eigenvalue weighted by Crippen LogP contribution is -1.94. The van der Waals surface area contributed by atoms with E-state index in [1.54, 1.807) is 13.0 Å². The molecule has 12 heavy (non-hydrogen) atoms. The van der Waals surface area contributed by atoms with Gasteiger partial charge in [0.05, 0.1) is 6.10 Å². The zero-order chi connectivity index (χ0) is 9.14. The van der Waals surface area contributed by atoms with E-state index in [1.807, 2.05) is 6.26 Å². The molecule has 0 aromatic heterocycles. The molecule has 3 heteroatoms. The quantitative estimate of drug-likeness (QED) is 0.716. The minimum absolute atomic E-state index is 0.302. The second kappa shape index (κ2) is 3.92. The monoisotopic (exact) mass is 186 g/mol. The molecule has 0 aliphatic carbocycles. The van der Waals surface area contributed by atoms with Crippen molar-refractivity contribution in [1.29, 1.82) is 0 Å². The molecule has 0 saturated heterocycles. The molecule has 1 N–H and O–H groups in total. The molecule has 1 nitrogen and oxygen atoms in total. The third kappa shape index (κ3) is 1.99. The van der Waals surface area contributed by atoms with Crippen molar-refractivity contribution in [3.63, 3.8) is 0 Å².